The molecular formula is C23H20ClN3O2S2. The van der Waals surface area contributed by atoms with Gasteiger partial charge in [0.05, 0.1) is 17.0 Å². The number of carbonyl (C=O) groups is 1. The van der Waals surface area contributed by atoms with Gasteiger partial charge in [0.25, 0.3) is 5.56 Å². The van der Waals surface area contributed by atoms with Gasteiger partial charge >= 0.3 is 0 Å². The number of fused-ring (bicyclic) bond motifs is 1. The number of halogens is 1. The van der Waals surface area contributed by atoms with E-state index in [-0.39, 0.29) is 17.2 Å². The minimum atomic E-state index is -0.159. The molecule has 0 bridgehead atoms. The van der Waals surface area contributed by atoms with E-state index in [1.165, 1.54) is 27.7 Å². The van der Waals surface area contributed by atoms with Crippen molar-refractivity contribution in [3.05, 3.63) is 80.9 Å². The molecule has 5 nitrogen and oxygen atoms in total. The summed E-state index contributed by atoms with van der Waals surface area (Å²) in [5.74, 6) is 0.344. The third-order valence-electron chi connectivity index (χ3n) is 4.70. The Bertz CT molecular complexity index is 1300. The molecule has 4 aromatic rings. The molecule has 0 saturated heterocycles. The van der Waals surface area contributed by atoms with Gasteiger partial charge in [-0.05, 0) is 59.3 Å². The molecule has 0 saturated carbocycles. The molecule has 2 aromatic carbocycles. The molecule has 0 radical (unpaired) electrons. The molecule has 1 amide bonds. The van der Waals surface area contributed by atoms with Crippen LogP contribution < -0.4 is 10.9 Å². The third kappa shape index (κ3) is 4.84. The molecule has 4 rings (SSSR count). The van der Waals surface area contributed by atoms with Crippen LogP contribution in [0.3, 0.4) is 0 Å². The maximum Gasteiger partial charge on any atom is 0.276 e. The highest BCUT2D eigenvalue weighted by molar-refractivity contribution is 7.99. The SMILES string of the molecule is CC(C)c1cccc(NC(=O)CSc2nc3ccsc3c(=O)n2-c2ccc(Cl)cc2)c1. The number of carbonyl (C=O) groups excluding carboxylic acids is 1. The molecule has 158 valence electrons. The van der Waals surface area contributed by atoms with Gasteiger partial charge in [-0.15, -0.1) is 11.3 Å². The van der Waals surface area contributed by atoms with Crippen LogP contribution in [0.2, 0.25) is 5.02 Å². The topological polar surface area (TPSA) is 64.0 Å². The van der Waals surface area contributed by atoms with Gasteiger partial charge in [-0.25, -0.2) is 4.98 Å². The van der Waals surface area contributed by atoms with Crippen molar-refractivity contribution in [3.63, 3.8) is 0 Å². The minimum absolute atomic E-state index is 0.127. The summed E-state index contributed by atoms with van der Waals surface area (Å²) in [5.41, 5.74) is 3.05. The zero-order valence-corrected chi connectivity index (χ0v) is 19.4. The van der Waals surface area contributed by atoms with E-state index in [2.05, 4.69) is 24.1 Å². The first-order chi connectivity index (χ1) is 14.9. The Kier molecular flexibility index (Phi) is 6.46. The first-order valence-corrected chi connectivity index (χ1v) is 12.0. The van der Waals surface area contributed by atoms with E-state index >= 15 is 0 Å². The molecule has 31 heavy (non-hydrogen) atoms. The second-order valence-corrected chi connectivity index (χ2v) is 9.56. The van der Waals surface area contributed by atoms with Gasteiger partial charge < -0.3 is 5.32 Å². The van der Waals surface area contributed by atoms with Crippen LogP contribution in [0.5, 0.6) is 0 Å². The number of thioether (sulfide) groups is 1. The lowest BCUT2D eigenvalue weighted by Gasteiger charge is -2.13. The van der Waals surface area contributed by atoms with Crippen LogP contribution in [0.4, 0.5) is 5.69 Å². The van der Waals surface area contributed by atoms with E-state index in [1.807, 2.05) is 35.7 Å². The van der Waals surface area contributed by atoms with Crippen molar-refractivity contribution in [2.45, 2.75) is 24.9 Å². The van der Waals surface area contributed by atoms with E-state index in [9.17, 15) is 9.59 Å². The van der Waals surface area contributed by atoms with E-state index < -0.39 is 0 Å². The first kappa shape index (κ1) is 21.6. The van der Waals surface area contributed by atoms with Crippen molar-refractivity contribution in [2.24, 2.45) is 0 Å². The van der Waals surface area contributed by atoms with Gasteiger partial charge in [0.1, 0.15) is 4.70 Å². The summed E-state index contributed by atoms with van der Waals surface area (Å²) in [6, 6.07) is 16.6. The number of hydrogen-bond donors (Lipinski definition) is 1. The molecule has 2 heterocycles. The van der Waals surface area contributed by atoms with Crippen molar-refractivity contribution in [2.75, 3.05) is 11.1 Å². The molecule has 0 atom stereocenters. The standard InChI is InChI=1S/C23H20ClN3O2S2/c1-14(2)15-4-3-5-17(12-15)25-20(28)13-31-23-26-19-10-11-30-21(19)22(29)27(23)18-8-6-16(24)7-9-18/h3-12,14H,13H2,1-2H3,(H,25,28). The number of anilines is 1. The zero-order valence-electron chi connectivity index (χ0n) is 17.0. The fourth-order valence-electron chi connectivity index (χ4n) is 3.11. The van der Waals surface area contributed by atoms with Crippen LogP contribution in [0.25, 0.3) is 15.9 Å². The predicted octanol–water partition coefficient (Wildman–Crippen LogP) is 5.95. The van der Waals surface area contributed by atoms with Crippen LogP contribution in [0.1, 0.15) is 25.3 Å². The number of rotatable bonds is 6. The quantitative estimate of drug-likeness (QED) is 0.280. The molecular weight excluding hydrogens is 450 g/mol. The molecule has 2 aromatic heterocycles. The van der Waals surface area contributed by atoms with Gasteiger partial charge in [-0.3, -0.25) is 14.2 Å². The van der Waals surface area contributed by atoms with Crippen LogP contribution in [0, 0.1) is 0 Å². The summed E-state index contributed by atoms with van der Waals surface area (Å²) < 4.78 is 2.11. The van der Waals surface area contributed by atoms with Gasteiger partial charge in [0, 0.05) is 10.7 Å². The summed E-state index contributed by atoms with van der Waals surface area (Å²) >= 11 is 8.59. The smallest absolute Gasteiger partial charge is 0.276 e. The maximum absolute atomic E-state index is 13.1. The van der Waals surface area contributed by atoms with Crippen molar-refractivity contribution in [1.82, 2.24) is 9.55 Å². The van der Waals surface area contributed by atoms with E-state index in [1.54, 1.807) is 24.3 Å². The molecule has 0 aliphatic carbocycles. The molecule has 0 fully saturated rings. The van der Waals surface area contributed by atoms with Crippen LogP contribution in [0.15, 0.2) is 69.9 Å². The van der Waals surface area contributed by atoms with Crippen molar-refractivity contribution in [1.29, 1.82) is 0 Å². The molecule has 0 aliphatic rings. The van der Waals surface area contributed by atoms with Crippen LogP contribution in [-0.4, -0.2) is 21.2 Å². The highest BCUT2D eigenvalue weighted by Gasteiger charge is 2.16. The number of thiophene rings is 1. The number of nitrogens with one attached hydrogen (secondary N) is 1. The molecule has 0 unspecified atom stereocenters. The summed E-state index contributed by atoms with van der Waals surface area (Å²) in [6.07, 6.45) is 0. The lowest BCUT2D eigenvalue weighted by atomic mass is 10.0. The highest BCUT2D eigenvalue weighted by atomic mass is 35.5. The number of nitrogens with zero attached hydrogens (tertiary/aromatic N) is 2. The monoisotopic (exact) mass is 469 g/mol. The van der Waals surface area contributed by atoms with Crippen LogP contribution in [-0.2, 0) is 4.79 Å². The second kappa shape index (κ2) is 9.26. The summed E-state index contributed by atoms with van der Waals surface area (Å²) in [4.78, 5) is 30.3. The van der Waals surface area contributed by atoms with Gasteiger partial charge in [0.2, 0.25) is 5.91 Å². The fourth-order valence-corrected chi connectivity index (χ4v) is 4.81. The van der Waals surface area contributed by atoms with Crippen molar-refractivity contribution < 1.29 is 4.79 Å². The Hall–Kier alpha value is -2.61. The average molecular weight is 470 g/mol. The lowest BCUT2D eigenvalue weighted by molar-refractivity contribution is -0.113. The second-order valence-electron chi connectivity index (χ2n) is 7.26. The Morgan fingerprint density at radius 2 is 1.97 bits per heavy atom. The lowest BCUT2D eigenvalue weighted by Crippen LogP contribution is -2.22. The van der Waals surface area contributed by atoms with Crippen molar-refractivity contribution in [3.8, 4) is 5.69 Å². The van der Waals surface area contributed by atoms with E-state index in [4.69, 9.17) is 11.6 Å². The first-order valence-electron chi connectivity index (χ1n) is 9.71. The predicted molar refractivity (Wildman–Crippen MR) is 130 cm³/mol. The molecule has 8 heteroatoms. The molecule has 1 N–H and O–H groups in total. The Morgan fingerprint density at radius 1 is 1.19 bits per heavy atom. The normalized spacial score (nSPS) is 11.2. The highest BCUT2D eigenvalue weighted by Crippen LogP contribution is 2.25. The molecule has 0 aliphatic heterocycles. The summed E-state index contributed by atoms with van der Waals surface area (Å²) in [7, 11) is 0. The van der Waals surface area contributed by atoms with Gasteiger partial charge in [-0.2, -0.15) is 0 Å². The zero-order chi connectivity index (χ0) is 22.0. The van der Waals surface area contributed by atoms with Crippen molar-refractivity contribution >= 4 is 56.5 Å². The Morgan fingerprint density at radius 3 is 2.71 bits per heavy atom. The molecule has 0 spiro atoms. The summed E-state index contributed by atoms with van der Waals surface area (Å²) in [5, 5.41) is 5.82. The van der Waals surface area contributed by atoms with E-state index in [0.717, 1.165) is 11.3 Å². The third-order valence-corrected chi connectivity index (χ3v) is 6.79. The van der Waals surface area contributed by atoms with Gasteiger partial charge in [0.15, 0.2) is 5.16 Å². The number of benzene rings is 2. The largest absolute Gasteiger partial charge is 0.325 e. The summed E-state index contributed by atoms with van der Waals surface area (Å²) in [6.45, 7) is 4.22. The number of hydrogen-bond acceptors (Lipinski definition) is 5. The number of aromatic nitrogens is 2. The maximum atomic E-state index is 13.1. The van der Waals surface area contributed by atoms with Gasteiger partial charge in [-0.1, -0.05) is 49.3 Å². The number of amides is 1. The Balaban J connectivity index is 1.60. The minimum Gasteiger partial charge on any atom is -0.325 e. The average Bonchev–Trinajstić information content (AvgIpc) is 3.22. The Labute approximate surface area is 193 Å². The fraction of sp³-hybridized carbons (Fsp3) is 0.174. The van der Waals surface area contributed by atoms with E-state index in [0.29, 0.717) is 32.0 Å². The van der Waals surface area contributed by atoms with Crippen LogP contribution >= 0.6 is 34.7 Å².